The van der Waals surface area contributed by atoms with Crippen molar-refractivity contribution in [2.45, 2.75) is 39.9 Å². The monoisotopic (exact) mass is 493 g/mol. The number of hydrogen-bond acceptors (Lipinski definition) is 5. The van der Waals surface area contributed by atoms with Gasteiger partial charge in [0.05, 0.1) is 33.1 Å². The minimum absolute atomic E-state index is 0.102. The molecule has 34 heavy (non-hydrogen) atoms. The number of carbonyl (C=O) groups excluding carboxylic acids is 1. The molecule has 0 radical (unpaired) electrons. The Balaban J connectivity index is 0.000000121. The molecular weight excluding hydrogens is 466 g/mol. The predicted octanol–water partition coefficient (Wildman–Crippen LogP) is 5.65. The van der Waals surface area contributed by atoms with Crippen molar-refractivity contribution in [2.24, 2.45) is 0 Å². The van der Waals surface area contributed by atoms with E-state index < -0.39 is 10.0 Å². The zero-order valence-electron chi connectivity index (χ0n) is 19.6. The van der Waals surface area contributed by atoms with E-state index in [-0.39, 0.29) is 11.7 Å². The van der Waals surface area contributed by atoms with Crippen LogP contribution in [0.3, 0.4) is 0 Å². The van der Waals surface area contributed by atoms with Gasteiger partial charge in [0.15, 0.2) is 0 Å². The third-order valence-corrected chi connectivity index (χ3v) is 7.59. The van der Waals surface area contributed by atoms with Gasteiger partial charge in [-0.15, -0.1) is 11.3 Å². The first-order chi connectivity index (χ1) is 16.1. The average molecular weight is 494 g/mol. The molecule has 0 saturated carbocycles. The molecule has 1 aromatic heterocycles. The molecule has 6 rings (SSSR count). The summed E-state index contributed by atoms with van der Waals surface area (Å²) in [6.45, 7) is 8.09. The van der Waals surface area contributed by atoms with E-state index in [2.05, 4.69) is 40.1 Å². The van der Waals surface area contributed by atoms with E-state index in [4.69, 9.17) is 0 Å². The van der Waals surface area contributed by atoms with Crippen LogP contribution in [-0.4, -0.2) is 19.3 Å². The van der Waals surface area contributed by atoms with E-state index in [1.807, 2.05) is 57.2 Å². The Bertz CT molecular complexity index is 1490. The van der Waals surface area contributed by atoms with Crippen LogP contribution in [0.1, 0.15) is 32.8 Å². The molecule has 176 valence electrons. The number of rotatable bonds is 0. The minimum atomic E-state index is -3.07. The maximum atomic E-state index is 11.1. The molecule has 3 aromatic carbocycles. The number of aromatic nitrogens is 1. The van der Waals surface area contributed by atoms with Gasteiger partial charge in [-0.3, -0.25) is 9.52 Å². The zero-order chi connectivity index (χ0) is 24.5. The molecule has 6 nitrogen and oxygen atoms in total. The minimum Gasteiger partial charge on any atom is -0.326 e. The summed E-state index contributed by atoms with van der Waals surface area (Å²) < 4.78 is 25.9. The number of hydrogen-bond donors (Lipinski definition) is 2. The lowest BCUT2D eigenvalue weighted by Crippen LogP contribution is -2.05. The molecular formula is C26H27N3O3S2. The smallest absolute Gasteiger partial charge is 0.237 e. The first-order valence-electron chi connectivity index (χ1n) is 10.9. The van der Waals surface area contributed by atoms with E-state index >= 15 is 0 Å². The summed E-state index contributed by atoms with van der Waals surface area (Å²) >= 11 is 1.75. The lowest BCUT2D eigenvalue weighted by atomic mass is 10.1. The molecule has 3 heterocycles. The third kappa shape index (κ3) is 5.81. The van der Waals surface area contributed by atoms with Crippen LogP contribution in [0.4, 0.5) is 11.4 Å². The fourth-order valence-electron chi connectivity index (χ4n) is 3.80. The molecule has 2 aliphatic rings. The van der Waals surface area contributed by atoms with Crippen molar-refractivity contribution in [1.82, 2.24) is 4.98 Å². The molecule has 0 aliphatic carbocycles. The topological polar surface area (TPSA) is 88.2 Å². The maximum absolute atomic E-state index is 11.1. The molecule has 0 spiro atoms. The van der Waals surface area contributed by atoms with Gasteiger partial charge in [0.2, 0.25) is 15.9 Å². The molecule has 0 atom stereocenters. The second-order valence-electron chi connectivity index (χ2n) is 8.61. The Morgan fingerprint density at radius 3 is 2.18 bits per heavy atom. The fourth-order valence-corrected chi connectivity index (χ4v) is 5.87. The number of thiazole rings is 1. The molecule has 2 N–H and O–H groups in total. The number of aryl methyl sites for hydroxylation is 4. The van der Waals surface area contributed by atoms with Gasteiger partial charge >= 0.3 is 0 Å². The molecule has 0 bridgehead atoms. The van der Waals surface area contributed by atoms with E-state index in [0.29, 0.717) is 6.42 Å². The molecule has 2 aliphatic heterocycles. The van der Waals surface area contributed by atoms with E-state index in [1.54, 1.807) is 11.3 Å². The number of amides is 1. The zero-order valence-corrected chi connectivity index (χ0v) is 21.2. The number of benzene rings is 3. The standard InChI is InChI=1S/C9H9NO.C9H9NS.C8H9NO2S/c1-6-2-3-7-5-9(11)10-8(7)4-6;1-6-3-4-9-8(5-6)10-7(2)11-9;1-6-2-3-7-5-12(10,11)9-8(7)4-6/h2-4H,5H2,1H3,(H,10,11);3-5H,1-2H3;2-4,9H,5H2,1H3. The highest BCUT2D eigenvalue weighted by Gasteiger charge is 2.22. The van der Waals surface area contributed by atoms with E-state index in [1.165, 1.54) is 15.8 Å². The van der Waals surface area contributed by atoms with Gasteiger partial charge in [-0.05, 0) is 79.8 Å². The summed E-state index contributed by atoms with van der Waals surface area (Å²) in [5, 5.41) is 3.94. The summed E-state index contributed by atoms with van der Waals surface area (Å²) in [5.74, 6) is 0.216. The summed E-state index contributed by atoms with van der Waals surface area (Å²) in [5.41, 5.74) is 8.35. The quantitative estimate of drug-likeness (QED) is 0.331. The summed E-state index contributed by atoms with van der Waals surface area (Å²) in [6, 6.07) is 18.0. The number of nitrogens with one attached hydrogen (secondary N) is 2. The van der Waals surface area contributed by atoms with Gasteiger partial charge in [-0.25, -0.2) is 13.4 Å². The molecule has 0 fully saturated rings. The summed E-state index contributed by atoms with van der Waals surface area (Å²) in [7, 11) is -3.07. The molecule has 1 amide bonds. The largest absolute Gasteiger partial charge is 0.326 e. The Hall–Kier alpha value is -3.23. The molecule has 0 unspecified atom stereocenters. The van der Waals surface area contributed by atoms with Gasteiger partial charge in [0.1, 0.15) is 0 Å². The lowest BCUT2D eigenvalue weighted by molar-refractivity contribution is -0.115. The second-order valence-corrected chi connectivity index (χ2v) is 11.6. The number of sulfonamides is 1. The van der Waals surface area contributed by atoms with Crippen molar-refractivity contribution in [3.8, 4) is 0 Å². The molecule has 4 aromatic rings. The third-order valence-electron chi connectivity index (χ3n) is 5.42. The normalized spacial score (nSPS) is 14.6. The van der Waals surface area contributed by atoms with Gasteiger partial charge < -0.3 is 5.32 Å². The van der Waals surface area contributed by atoms with Crippen molar-refractivity contribution in [2.75, 3.05) is 10.0 Å². The van der Waals surface area contributed by atoms with Crippen LogP contribution in [0.15, 0.2) is 54.6 Å². The average Bonchev–Trinajstić information content (AvgIpc) is 3.39. The van der Waals surface area contributed by atoms with Gasteiger partial charge in [0, 0.05) is 5.69 Å². The van der Waals surface area contributed by atoms with Crippen LogP contribution in [-0.2, 0) is 27.0 Å². The fraction of sp³-hybridized carbons (Fsp3) is 0.231. The van der Waals surface area contributed by atoms with E-state index in [0.717, 1.165) is 38.6 Å². The predicted molar refractivity (Wildman–Crippen MR) is 140 cm³/mol. The number of anilines is 2. The van der Waals surface area contributed by atoms with Crippen molar-refractivity contribution >= 4 is 48.9 Å². The van der Waals surface area contributed by atoms with Crippen molar-refractivity contribution in [1.29, 1.82) is 0 Å². The first kappa shape index (κ1) is 23.9. The van der Waals surface area contributed by atoms with Crippen LogP contribution in [0.25, 0.3) is 10.2 Å². The number of fused-ring (bicyclic) bond motifs is 3. The van der Waals surface area contributed by atoms with E-state index in [9.17, 15) is 13.2 Å². The summed E-state index contributed by atoms with van der Waals surface area (Å²) in [4.78, 5) is 15.3. The van der Waals surface area contributed by atoms with Crippen molar-refractivity contribution in [3.63, 3.8) is 0 Å². The SMILES string of the molecule is Cc1ccc2c(c1)NC(=O)C2.Cc1ccc2c(c1)NS(=O)(=O)C2.Cc1ccc2sc(C)nc2c1. The van der Waals surface area contributed by atoms with Crippen LogP contribution in [0, 0.1) is 27.7 Å². The van der Waals surface area contributed by atoms with Crippen LogP contribution in [0.2, 0.25) is 0 Å². The van der Waals surface area contributed by atoms with Crippen LogP contribution < -0.4 is 10.0 Å². The van der Waals surface area contributed by atoms with Gasteiger partial charge in [-0.2, -0.15) is 0 Å². The highest BCUT2D eigenvalue weighted by Crippen LogP contribution is 2.27. The summed E-state index contributed by atoms with van der Waals surface area (Å²) in [6.07, 6.45) is 0.537. The Morgan fingerprint density at radius 2 is 1.44 bits per heavy atom. The Labute approximate surface area is 204 Å². The number of nitrogens with zero attached hydrogens (tertiary/aromatic N) is 1. The Kier molecular flexibility index (Phi) is 6.72. The highest BCUT2D eigenvalue weighted by molar-refractivity contribution is 7.92. The Morgan fingerprint density at radius 1 is 0.824 bits per heavy atom. The van der Waals surface area contributed by atoms with Crippen LogP contribution >= 0.6 is 11.3 Å². The number of carbonyl (C=O) groups is 1. The lowest BCUT2D eigenvalue weighted by Gasteiger charge is -1.97. The van der Waals surface area contributed by atoms with Crippen molar-refractivity contribution in [3.05, 3.63) is 87.4 Å². The highest BCUT2D eigenvalue weighted by atomic mass is 32.2. The first-order valence-corrected chi connectivity index (χ1v) is 13.4. The molecule has 0 saturated heterocycles. The molecule has 8 heteroatoms. The van der Waals surface area contributed by atoms with Gasteiger partial charge in [0.25, 0.3) is 0 Å². The van der Waals surface area contributed by atoms with Crippen molar-refractivity contribution < 1.29 is 13.2 Å². The van der Waals surface area contributed by atoms with Gasteiger partial charge in [-0.1, -0.05) is 30.3 Å². The second kappa shape index (κ2) is 9.56. The van der Waals surface area contributed by atoms with Crippen LogP contribution in [0.5, 0.6) is 0 Å². The maximum Gasteiger partial charge on any atom is 0.237 e.